The highest BCUT2D eigenvalue weighted by Gasteiger charge is 2.41. The van der Waals surface area contributed by atoms with Gasteiger partial charge in [0.25, 0.3) is 0 Å². The van der Waals surface area contributed by atoms with Crippen molar-refractivity contribution in [2.24, 2.45) is 5.73 Å². The van der Waals surface area contributed by atoms with Crippen LogP contribution in [0.25, 0.3) is 0 Å². The maximum atomic E-state index is 13.1. The molecule has 1 aliphatic carbocycles. The fourth-order valence-corrected chi connectivity index (χ4v) is 5.19. The average molecular weight is 427 g/mol. The number of carbonyl (C=O) groups is 1. The maximum Gasteiger partial charge on any atom is 0.205 e. The van der Waals surface area contributed by atoms with E-state index in [0.717, 1.165) is 14.9 Å². The van der Waals surface area contributed by atoms with E-state index in [9.17, 15) is 10.1 Å². The van der Waals surface area contributed by atoms with Gasteiger partial charge in [-0.15, -0.1) is 11.3 Å². The molecule has 0 bridgehead atoms. The highest BCUT2D eigenvalue weighted by molar-refractivity contribution is 9.10. The molecule has 1 aliphatic heterocycles. The molecule has 1 aromatic carbocycles. The van der Waals surface area contributed by atoms with E-state index < -0.39 is 5.92 Å². The fraction of sp³-hybridized carbons (Fsp3) is 0.200. The van der Waals surface area contributed by atoms with Gasteiger partial charge in [0.1, 0.15) is 17.4 Å². The minimum absolute atomic E-state index is 0.0230. The fourth-order valence-electron chi connectivity index (χ4n) is 3.63. The minimum Gasteiger partial charge on any atom is -0.444 e. The highest BCUT2D eigenvalue weighted by atomic mass is 79.9. The number of benzene rings is 1. The quantitative estimate of drug-likeness (QED) is 0.753. The Labute approximate surface area is 163 Å². The molecule has 0 fully saturated rings. The van der Waals surface area contributed by atoms with Crippen LogP contribution in [-0.4, -0.2) is 5.78 Å². The Morgan fingerprint density at radius 1 is 1.27 bits per heavy atom. The summed E-state index contributed by atoms with van der Waals surface area (Å²) in [6.07, 6.45) is 1.02. The molecule has 0 amide bonds. The molecule has 0 unspecified atom stereocenters. The third-order valence-corrected chi connectivity index (χ3v) is 6.56. The van der Waals surface area contributed by atoms with Crippen molar-refractivity contribution in [3.63, 3.8) is 0 Å². The van der Waals surface area contributed by atoms with Gasteiger partial charge >= 0.3 is 0 Å². The largest absolute Gasteiger partial charge is 0.444 e. The first-order valence-electron chi connectivity index (χ1n) is 8.21. The molecular weight excluding hydrogens is 412 g/mol. The van der Waals surface area contributed by atoms with E-state index in [2.05, 4.69) is 22.0 Å². The molecule has 2 N–H and O–H groups in total. The molecule has 26 heavy (non-hydrogen) atoms. The van der Waals surface area contributed by atoms with Gasteiger partial charge in [-0.1, -0.05) is 30.3 Å². The van der Waals surface area contributed by atoms with Gasteiger partial charge in [-0.3, -0.25) is 4.79 Å². The van der Waals surface area contributed by atoms with Crippen molar-refractivity contribution in [2.75, 3.05) is 0 Å². The highest BCUT2D eigenvalue weighted by Crippen LogP contribution is 2.48. The van der Waals surface area contributed by atoms with Crippen LogP contribution in [0.4, 0.5) is 0 Å². The lowest BCUT2D eigenvalue weighted by molar-refractivity contribution is -0.117. The summed E-state index contributed by atoms with van der Waals surface area (Å²) in [7, 11) is 0. The van der Waals surface area contributed by atoms with Crippen LogP contribution in [0.5, 0.6) is 0 Å². The Hall–Kier alpha value is -2.36. The van der Waals surface area contributed by atoms with Crippen molar-refractivity contribution in [2.45, 2.75) is 24.7 Å². The number of nitrogens with zero attached hydrogens (tertiary/aromatic N) is 1. The first-order chi connectivity index (χ1) is 12.6. The van der Waals surface area contributed by atoms with Crippen molar-refractivity contribution in [1.82, 2.24) is 0 Å². The van der Waals surface area contributed by atoms with Crippen molar-refractivity contribution in [3.8, 4) is 6.07 Å². The Morgan fingerprint density at radius 2 is 2.04 bits per heavy atom. The first kappa shape index (κ1) is 17.1. The zero-order valence-electron chi connectivity index (χ0n) is 13.7. The van der Waals surface area contributed by atoms with Crippen molar-refractivity contribution < 1.29 is 9.53 Å². The van der Waals surface area contributed by atoms with Crippen LogP contribution in [-0.2, 0) is 9.53 Å². The van der Waals surface area contributed by atoms with E-state index in [1.54, 1.807) is 0 Å². The first-order valence-corrected chi connectivity index (χ1v) is 9.88. The van der Waals surface area contributed by atoms with Gasteiger partial charge in [-0.05, 0) is 33.5 Å². The second-order valence-corrected chi connectivity index (χ2v) is 8.23. The molecular formula is C20H15BrN2O2S. The summed E-state index contributed by atoms with van der Waals surface area (Å²) < 4.78 is 6.68. The van der Waals surface area contributed by atoms with Crippen molar-refractivity contribution in [1.29, 1.82) is 5.26 Å². The lowest BCUT2D eigenvalue weighted by atomic mass is 9.75. The average Bonchev–Trinajstić information content (AvgIpc) is 3.07. The number of Topliss-reactive ketones (excluding diaryl/α,β-unsaturated/α-hetero) is 1. The number of carbonyl (C=O) groups excluding carboxylic acids is 1. The summed E-state index contributed by atoms with van der Waals surface area (Å²) in [6, 6.07) is 14.0. The molecule has 4 nitrogen and oxygen atoms in total. The van der Waals surface area contributed by atoms with E-state index in [1.165, 1.54) is 11.3 Å². The van der Waals surface area contributed by atoms with E-state index in [1.807, 2.05) is 41.8 Å². The molecule has 2 aliphatic rings. The van der Waals surface area contributed by atoms with Crippen LogP contribution >= 0.6 is 27.3 Å². The van der Waals surface area contributed by atoms with E-state index >= 15 is 0 Å². The number of hydrogen-bond acceptors (Lipinski definition) is 5. The number of ketones is 1. The summed E-state index contributed by atoms with van der Waals surface area (Å²) in [5, 5.41) is 11.5. The number of allylic oxidation sites excluding steroid dienone is 3. The van der Waals surface area contributed by atoms with Crippen LogP contribution < -0.4 is 5.73 Å². The zero-order chi connectivity index (χ0) is 18.3. The predicted octanol–water partition coefficient (Wildman–Crippen LogP) is 4.72. The summed E-state index contributed by atoms with van der Waals surface area (Å²) in [5.41, 5.74) is 8.04. The molecule has 1 aromatic heterocycles. The van der Waals surface area contributed by atoms with Crippen LogP contribution in [0.15, 0.2) is 69.0 Å². The van der Waals surface area contributed by atoms with Crippen LogP contribution in [0.3, 0.4) is 0 Å². The number of nitriles is 1. The smallest absolute Gasteiger partial charge is 0.205 e. The van der Waals surface area contributed by atoms with Crippen molar-refractivity contribution in [3.05, 3.63) is 79.5 Å². The Bertz CT molecular complexity index is 985. The van der Waals surface area contributed by atoms with Gasteiger partial charge in [-0.25, -0.2) is 0 Å². The Morgan fingerprint density at radius 3 is 2.69 bits per heavy atom. The normalized spacial score (nSPS) is 22.7. The van der Waals surface area contributed by atoms with E-state index in [-0.39, 0.29) is 17.6 Å². The molecule has 4 rings (SSSR count). The van der Waals surface area contributed by atoms with Gasteiger partial charge in [-0.2, -0.15) is 5.26 Å². The van der Waals surface area contributed by atoms with Gasteiger partial charge < -0.3 is 10.5 Å². The molecule has 2 aromatic rings. The molecule has 6 heteroatoms. The molecule has 2 atom stereocenters. The number of thiophene rings is 1. The Balaban J connectivity index is 1.79. The van der Waals surface area contributed by atoms with Gasteiger partial charge in [0.2, 0.25) is 5.88 Å². The molecule has 0 spiro atoms. The minimum atomic E-state index is -0.440. The second kappa shape index (κ2) is 6.75. The monoisotopic (exact) mass is 426 g/mol. The third kappa shape index (κ3) is 2.87. The number of hydrogen-bond donors (Lipinski definition) is 1. The van der Waals surface area contributed by atoms with E-state index in [4.69, 9.17) is 10.5 Å². The Kier molecular flexibility index (Phi) is 4.43. The lowest BCUT2D eigenvalue weighted by Crippen LogP contribution is -2.29. The molecule has 130 valence electrons. The topological polar surface area (TPSA) is 76.1 Å². The summed E-state index contributed by atoms with van der Waals surface area (Å²) in [6.45, 7) is 0. The number of ether oxygens (including phenoxy) is 1. The molecule has 0 radical (unpaired) electrons. The standard InChI is InChI=1S/C20H15BrN2O2S/c21-13-8-17(26-10-13)18-14(9-22)20(23)25-16-7-12(6-15(24)19(16)18)11-4-2-1-3-5-11/h1-5,8,10,12,18H,6-7,23H2/t12-,18+/m1/s1. The van der Waals surface area contributed by atoms with Crippen molar-refractivity contribution >= 4 is 33.0 Å². The SMILES string of the molecule is N#CC1=C(N)OC2=C(C(=O)C[C@@H](c3ccccc3)C2)[C@@H]1c1cc(Br)cs1. The van der Waals surface area contributed by atoms with Crippen LogP contribution in [0, 0.1) is 11.3 Å². The maximum absolute atomic E-state index is 13.1. The third-order valence-electron chi connectivity index (χ3n) is 4.80. The molecule has 0 saturated heterocycles. The molecule has 0 saturated carbocycles. The molecule has 2 heterocycles. The summed E-state index contributed by atoms with van der Waals surface area (Å²) in [4.78, 5) is 14.0. The predicted molar refractivity (Wildman–Crippen MR) is 103 cm³/mol. The van der Waals surface area contributed by atoms with Gasteiger partial charge in [0.15, 0.2) is 5.78 Å². The lowest BCUT2D eigenvalue weighted by Gasteiger charge is -2.33. The zero-order valence-corrected chi connectivity index (χ0v) is 16.1. The van der Waals surface area contributed by atoms with E-state index in [0.29, 0.717) is 29.7 Å². The number of rotatable bonds is 2. The van der Waals surface area contributed by atoms with Gasteiger partial charge in [0, 0.05) is 33.1 Å². The number of nitrogens with two attached hydrogens (primary N) is 1. The van der Waals surface area contributed by atoms with Crippen LogP contribution in [0.2, 0.25) is 0 Å². The van der Waals surface area contributed by atoms with Gasteiger partial charge in [0.05, 0.1) is 5.92 Å². The summed E-state index contributed by atoms with van der Waals surface area (Å²) >= 11 is 4.95. The number of halogens is 1. The summed E-state index contributed by atoms with van der Waals surface area (Å²) in [5.74, 6) is 0.345. The second-order valence-electron chi connectivity index (χ2n) is 6.37. The van der Waals surface area contributed by atoms with Crippen LogP contribution in [0.1, 0.15) is 35.1 Å².